The lowest BCUT2D eigenvalue weighted by Crippen LogP contribution is -2.25. The molecule has 5 rings (SSSR count). The summed E-state index contributed by atoms with van der Waals surface area (Å²) in [5, 5.41) is 20.4. The minimum absolute atomic E-state index is 0.170. The molecule has 36 heavy (non-hydrogen) atoms. The largest absolute Gasteiger partial charge is 0.508 e. The second-order valence-corrected chi connectivity index (χ2v) is 9.23. The van der Waals surface area contributed by atoms with Gasteiger partial charge >= 0.3 is 0 Å². The van der Waals surface area contributed by atoms with E-state index in [4.69, 9.17) is 0 Å². The molecule has 10 heteroatoms. The number of aryl methyl sites for hydroxylation is 1. The first-order valence-corrected chi connectivity index (χ1v) is 12.2. The maximum atomic E-state index is 12.6. The van der Waals surface area contributed by atoms with Crippen LogP contribution in [0, 0.1) is 6.92 Å². The number of phenols is 1. The van der Waals surface area contributed by atoms with Gasteiger partial charge < -0.3 is 26.0 Å². The Morgan fingerprint density at radius 2 is 1.92 bits per heavy atom. The number of nitrogens with zero attached hydrogens (tertiary/aromatic N) is 3. The van der Waals surface area contributed by atoms with Crippen molar-refractivity contribution in [3.63, 3.8) is 0 Å². The molecule has 3 heterocycles. The summed E-state index contributed by atoms with van der Waals surface area (Å²) in [7, 11) is 1.85. The van der Waals surface area contributed by atoms with Crippen LogP contribution in [0.2, 0.25) is 0 Å². The first-order chi connectivity index (χ1) is 17.5. The topological polar surface area (TPSA) is 128 Å². The number of anilines is 3. The Morgan fingerprint density at radius 1 is 1.08 bits per heavy atom. The van der Waals surface area contributed by atoms with E-state index >= 15 is 0 Å². The maximum absolute atomic E-state index is 12.6. The molecule has 5 aromatic rings. The molecule has 0 aliphatic heterocycles. The average Bonchev–Trinajstić information content (AvgIpc) is 3.48. The summed E-state index contributed by atoms with van der Waals surface area (Å²) < 4.78 is 0. The van der Waals surface area contributed by atoms with E-state index in [0.717, 1.165) is 43.6 Å². The summed E-state index contributed by atoms with van der Waals surface area (Å²) >= 11 is 1.55. The second-order valence-electron chi connectivity index (χ2n) is 8.23. The highest BCUT2D eigenvalue weighted by atomic mass is 32.1. The van der Waals surface area contributed by atoms with Crippen LogP contribution in [0.4, 0.5) is 16.8 Å². The molecule has 0 spiro atoms. The number of aromatic hydroxyl groups is 1. The van der Waals surface area contributed by atoms with E-state index < -0.39 is 0 Å². The zero-order chi connectivity index (χ0) is 25.1. The highest BCUT2D eigenvalue weighted by Gasteiger charge is 2.13. The van der Waals surface area contributed by atoms with Crippen molar-refractivity contribution >= 4 is 44.9 Å². The van der Waals surface area contributed by atoms with Crippen LogP contribution in [-0.4, -0.2) is 44.5 Å². The third kappa shape index (κ3) is 5.13. The van der Waals surface area contributed by atoms with Gasteiger partial charge in [0.2, 0.25) is 5.95 Å². The lowest BCUT2D eigenvalue weighted by molar-refractivity contribution is 0.0950. The molecule has 1 amide bonds. The molecule has 0 fully saturated rings. The van der Waals surface area contributed by atoms with E-state index in [2.05, 4.69) is 35.9 Å². The number of benzene rings is 2. The van der Waals surface area contributed by atoms with Crippen molar-refractivity contribution in [1.82, 2.24) is 25.3 Å². The summed E-state index contributed by atoms with van der Waals surface area (Å²) in [6, 6.07) is 16.4. The van der Waals surface area contributed by atoms with Gasteiger partial charge in [0.05, 0.1) is 16.3 Å². The normalized spacial score (nSPS) is 10.9. The number of rotatable bonds is 8. The minimum Gasteiger partial charge on any atom is -0.508 e. The standard InChI is InChI=1S/C26H25N7O2S/c1-15-23(36-26(27-2)30-15)21-10-12-29-25(33-21)31-18-5-8-20-17(13-18)14-22(32-20)24(35)28-11-9-16-3-6-19(34)7-4-16/h3-8,10,12-14,32,34H,9,11H2,1-2H3,(H,27,30)(H,28,35)(H,29,31,33). The summed E-state index contributed by atoms with van der Waals surface area (Å²) in [5.41, 5.74) is 4.93. The van der Waals surface area contributed by atoms with Crippen LogP contribution in [0.1, 0.15) is 21.7 Å². The van der Waals surface area contributed by atoms with Crippen LogP contribution in [0.5, 0.6) is 5.75 Å². The highest BCUT2D eigenvalue weighted by molar-refractivity contribution is 7.19. The number of fused-ring (bicyclic) bond motifs is 1. The Bertz CT molecular complexity index is 1530. The molecule has 0 aliphatic carbocycles. The Hall–Kier alpha value is -4.44. The Balaban J connectivity index is 1.26. The van der Waals surface area contributed by atoms with Gasteiger partial charge in [-0.2, -0.15) is 0 Å². The molecule has 0 atom stereocenters. The third-order valence-electron chi connectivity index (χ3n) is 5.66. The van der Waals surface area contributed by atoms with Gasteiger partial charge in [-0.3, -0.25) is 4.79 Å². The molecule has 0 radical (unpaired) electrons. The first kappa shape index (κ1) is 23.3. The number of H-pyrrole nitrogens is 1. The number of nitrogens with one attached hydrogen (secondary N) is 4. The van der Waals surface area contributed by atoms with E-state index in [1.54, 1.807) is 29.7 Å². The smallest absolute Gasteiger partial charge is 0.267 e. The molecule has 182 valence electrons. The van der Waals surface area contributed by atoms with Crippen molar-refractivity contribution < 1.29 is 9.90 Å². The fraction of sp³-hybridized carbons (Fsp3) is 0.154. The van der Waals surface area contributed by atoms with Gasteiger partial charge in [0, 0.05) is 36.4 Å². The molecule has 0 unspecified atom stereocenters. The Kier molecular flexibility index (Phi) is 6.50. The van der Waals surface area contributed by atoms with Crippen molar-refractivity contribution in [3.8, 4) is 16.3 Å². The maximum Gasteiger partial charge on any atom is 0.267 e. The molecule has 0 saturated heterocycles. The summed E-state index contributed by atoms with van der Waals surface area (Å²) in [5.74, 6) is 0.539. The lowest BCUT2D eigenvalue weighted by Gasteiger charge is -2.06. The zero-order valence-corrected chi connectivity index (χ0v) is 20.6. The fourth-order valence-electron chi connectivity index (χ4n) is 3.83. The summed E-state index contributed by atoms with van der Waals surface area (Å²) in [6.07, 6.45) is 2.40. The average molecular weight is 500 g/mol. The van der Waals surface area contributed by atoms with Gasteiger partial charge in [0.25, 0.3) is 5.91 Å². The van der Waals surface area contributed by atoms with Crippen LogP contribution in [0.25, 0.3) is 21.5 Å². The number of thiazole rings is 1. The van der Waals surface area contributed by atoms with E-state index in [0.29, 0.717) is 24.6 Å². The molecule has 9 nitrogen and oxygen atoms in total. The quantitative estimate of drug-likeness (QED) is 0.206. The molecular weight excluding hydrogens is 474 g/mol. The number of aromatic nitrogens is 4. The minimum atomic E-state index is -0.170. The van der Waals surface area contributed by atoms with Crippen molar-refractivity contribution in [1.29, 1.82) is 0 Å². The number of amides is 1. The first-order valence-electron chi connectivity index (χ1n) is 11.4. The predicted molar refractivity (Wildman–Crippen MR) is 143 cm³/mol. The van der Waals surface area contributed by atoms with Gasteiger partial charge in [-0.05, 0) is 61.4 Å². The summed E-state index contributed by atoms with van der Waals surface area (Å²) in [4.78, 5) is 30.3. The fourth-order valence-corrected chi connectivity index (χ4v) is 4.72. The third-order valence-corrected chi connectivity index (χ3v) is 6.85. The molecule has 2 aromatic carbocycles. The zero-order valence-electron chi connectivity index (χ0n) is 19.8. The molecule has 5 N–H and O–H groups in total. The molecular formula is C26H25N7O2S. The number of carbonyl (C=O) groups excluding carboxylic acids is 1. The Labute approximate surface area is 211 Å². The van der Waals surface area contributed by atoms with Gasteiger partial charge in [0.15, 0.2) is 5.13 Å². The number of hydrogen-bond acceptors (Lipinski definition) is 8. The van der Waals surface area contributed by atoms with Crippen LogP contribution < -0.4 is 16.0 Å². The van der Waals surface area contributed by atoms with Crippen LogP contribution >= 0.6 is 11.3 Å². The monoisotopic (exact) mass is 499 g/mol. The molecule has 0 aliphatic rings. The highest BCUT2D eigenvalue weighted by Crippen LogP contribution is 2.32. The molecule has 0 bridgehead atoms. The second kappa shape index (κ2) is 10.0. The van der Waals surface area contributed by atoms with Crippen molar-refractivity contribution in [3.05, 3.63) is 77.7 Å². The van der Waals surface area contributed by atoms with E-state index in [1.165, 1.54) is 0 Å². The van der Waals surface area contributed by atoms with E-state index in [9.17, 15) is 9.90 Å². The van der Waals surface area contributed by atoms with Gasteiger partial charge in [0.1, 0.15) is 11.4 Å². The van der Waals surface area contributed by atoms with Crippen molar-refractivity contribution in [2.24, 2.45) is 0 Å². The van der Waals surface area contributed by atoms with Crippen molar-refractivity contribution in [2.75, 3.05) is 24.2 Å². The van der Waals surface area contributed by atoms with Crippen LogP contribution in [0.3, 0.4) is 0 Å². The van der Waals surface area contributed by atoms with Crippen LogP contribution in [0.15, 0.2) is 60.8 Å². The number of carbonyl (C=O) groups is 1. The molecule has 3 aromatic heterocycles. The number of phenolic OH excluding ortho intramolecular Hbond substituents is 1. The molecule has 0 saturated carbocycles. The Morgan fingerprint density at radius 3 is 2.69 bits per heavy atom. The van der Waals surface area contributed by atoms with E-state index in [-0.39, 0.29) is 11.7 Å². The lowest BCUT2D eigenvalue weighted by atomic mass is 10.1. The SMILES string of the molecule is CNc1nc(C)c(-c2ccnc(Nc3ccc4[nH]c(C(=O)NCCc5ccc(O)cc5)cc4c3)n2)s1. The number of hydrogen-bond donors (Lipinski definition) is 5. The number of aromatic amines is 1. The van der Waals surface area contributed by atoms with Gasteiger partial charge in [-0.15, -0.1) is 0 Å². The van der Waals surface area contributed by atoms with Gasteiger partial charge in [-0.1, -0.05) is 23.5 Å². The predicted octanol–water partition coefficient (Wildman–Crippen LogP) is 4.85. The van der Waals surface area contributed by atoms with Gasteiger partial charge in [-0.25, -0.2) is 15.0 Å². The van der Waals surface area contributed by atoms with E-state index in [1.807, 2.05) is 56.4 Å². The van der Waals surface area contributed by atoms with Crippen molar-refractivity contribution in [2.45, 2.75) is 13.3 Å². The van der Waals surface area contributed by atoms with Crippen LogP contribution in [-0.2, 0) is 6.42 Å². The summed E-state index contributed by atoms with van der Waals surface area (Å²) in [6.45, 7) is 2.46.